The molecule has 0 saturated heterocycles. The van der Waals surface area contributed by atoms with Crippen molar-refractivity contribution >= 4 is 34.0 Å². The lowest BCUT2D eigenvalue weighted by Gasteiger charge is -2.10. The first-order chi connectivity index (χ1) is 13.0. The van der Waals surface area contributed by atoms with E-state index in [1.165, 1.54) is 20.4 Å². The molecule has 0 heterocycles. The minimum atomic E-state index is -0.490. The third kappa shape index (κ3) is 6.74. The molecule has 0 radical (unpaired) electrons. The smallest absolute Gasteiger partial charge is 0.343 e. The summed E-state index contributed by atoms with van der Waals surface area (Å²) < 4.78 is 16.1. The van der Waals surface area contributed by atoms with Gasteiger partial charge in [0.1, 0.15) is 0 Å². The van der Waals surface area contributed by atoms with Gasteiger partial charge in [-0.05, 0) is 41.5 Å². The number of hydrogen-bond donors (Lipinski definition) is 1. The molecule has 2 aromatic rings. The molecule has 0 saturated carbocycles. The van der Waals surface area contributed by atoms with Crippen LogP contribution in [0.15, 0.2) is 52.0 Å². The van der Waals surface area contributed by atoms with Gasteiger partial charge in [-0.3, -0.25) is 4.79 Å². The summed E-state index contributed by atoms with van der Waals surface area (Å²) in [5.74, 6) is 0.123. The number of amides is 1. The van der Waals surface area contributed by atoms with Gasteiger partial charge in [0.15, 0.2) is 18.1 Å². The zero-order valence-corrected chi connectivity index (χ0v) is 16.5. The van der Waals surface area contributed by atoms with Crippen LogP contribution in [0.1, 0.15) is 11.1 Å². The fourth-order valence-electron chi connectivity index (χ4n) is 2.09. The van der Waals surface area contributed by atoms with Gasteiger partial charge < -0.3 is 14.2 Å². The maximum absolute atomic E-state index is 11.9. The summed E-state index contributed by atoms with van der Waals surface area (Å²) in [6, 6.07) is 12.5. The van der Waals surface area contributed by atoms with E-state index in [1.807, 2.05) is 24.3 Å². The van der Waals surface area contributed by atoms with Crippen LogP contribution in [0, 0.1) is 0 Å². The molecular weight excluding hydrogens is 416 g/mol. The van der Waals surface area contributed by atoms with Gasteiger partial charge in [0.25, 0.3) is 0 Å². The first kappa shape index (κ1) is 20.4. The number of rotatable bonds is 8. The number of halogens is 1. The molecule has 2 aromatic carbocycles. The summed E-state index contributed by atoms with van der Waals surface area (Å²) in [6.45, 7) is -0.216. The molecule has 0 atom stereocenters. The predicted octanol–water partition coefficient (Wildman–Crippen LogP) is 2.70. The van der Waals surface area contributed by atoms with Crippen LogP contribution in [0.2, 0.25) is 0 Å². The maximum atomic E-state index is 11.9. The number of esters is 1. The molecule has 0 aliphatic rings. The van der Waals surface area contributed by atoms with E-state index in [-0.39, 0.29) is 18.9 Å². The highest BCUT2D eigenvalue weighted by Crippen LogP contribution is 2.27. The van der Waals surface area contributed by atoms with Crippen molar-refractivity contribution in [1.29, 1.82) is 0 Å². The van der Waals surface area contributed by atoms with E-state index in [9.17, 15) is 9.59 Å². The summed E-state index contributed by atoms with van der Waals surface area (Å²) in [5.41, 5.74) is 4.06. The number of carbonyl (C=O) groups is 2. The minimum Gasteiger partial charge on any atom is -0.493 e. The molecule has 1 N–H and O–H groups in total. The standard InChI is InChI=1S/C19H19BrN2O5/c1-25-17-9-14(5-8-16(17)27-12-19(24)26-2)11-21-22-18(23)10-13-3-6-15(20)7-4-13/h3-9,11H,10,12H2,1-2H3,(H,22,23)/b21-11-. The van der Waals surface area contributed by atoms with Crippen LogP contribution in [0.3, 0.4) is 0 Å². The van der Waals surface area contributed by atoms with Gasteiger partial charge in [-0.1, -0.05) is 28.1 Å². The highest BCUT2D eigenvalue weighted by Gasteiger charge is 2.08. The van der Waals surface area contributed by atoms with Crippen LogP contribution < -0.4 is 14.9 Å². The first-order valence-electron chi connectivity index (χ1n) is 7.96. The number of methoxy groups -OCH3 is 2. The number of benzene rings is 2. The van der Waals surface area contributed by atoms with Crippen molar-refractivity contribution in [3.63, 3.8) is 0 Å². The summed E-state index contributed by atoms with van der Waals surface area (Å²) in [6.07, 6.45) is 1.72. The number of ether oxygens (including phenoxy) is 3. The number of nitrogens with one attached hydrogen (secondary N) is 1. The van der Waals surface area contributed by atoms with Crippen LogP contribution in [0.4, 0.5) is 0 Å². The Morgan fingerprint density at radius 2 is 1.85 bits per heavy atom. The molecule has 0 aliphatic carbocycles. The Hall–Kier alpha value is -2.87. The van der Waals surface area contributed by atoms with Gasteiger partial charge in [0.2, 0.25) is 5.91 Å². The van der Waals surface area contributed by atoms with Gasteiger partial charge in [0.05, 0.1) is 26.9 Å². The third-order valence-corrected chi connectivity index (χ3v) is 3.97. The molecule has 0 bridgehead atoms. The molecule has 142 valence electrons. The molecule has 27 heavy (non-hydrogen) atoms. The van der Waals surface area contributed by atoms with Crippen LogP contribution >= 0.6 is 15.9 Å². The molecule has 8 heteroatoms. The average Bonchev–Trinajstić information content (AvgIpc) is 2.68. The van der Waals surface area contributed by atoms with E-state index in [0.29, 0.717) is 17.1 Å². The van der Waals surface area contributed by atoms with Crippen LogP contribution in [0.5, 0.6) is 11.5 Å². The monoisotopic (exact) mass is 434 g/mol. The molecule has 7 nitrogen and oxygen atoms in total. The number of carbonyl (C=O) groups excluding carboxylic acids is 2. The zero-order valence-electron chi connectivity index (χ0n) is 14.9. The van der Waals surface area contributed by atoms with Crippen molar-refractivity contribution in [2.75, 3.05) is 20.8 Å². The van der Waals surface area contributed by atoms with Crippen molar-refractivity contribution in [2.24, 2.45) is 5.10 Å². The summed E-state index contributed by atoms with van der Waals surface area (Å²) in [4.78, 5) is 23.1. The molecular formula is C19H19BrN2O5. The number of nitrogens with zero attached hydrogens (tertiary/aromatic N) is 1. The van der Waals surface area contributed by atoms with E-state index < -0.39 is 5.97 Å². The summed E-state index contributed by atoms with van der Waals surface area (Å²) in [7, 11) is 2.77. The maximum Gasteiger partial charge on any atom is 0.343 e. The summed E-state index contributed by atoms with van der Waals surface area (Å²) in [5, 5.41) is 3.94. The highest BCUT2D eigenvalue weighted by molar-refractivity contribution is 9.10. The Labute approximate surface area is 165 Å². The van der Waals surface area contributed by atoms with E-state index in [4.69, 9.17) is 9.47 Å². The van der Waals surface area contributed by atoms with Crippen molar-refractivity contribution in [2.45, 2.75) is 6.42 Å². The van der Waals surface area contributed by atoms with E-state index in [0.717, 1.165) is 10.0 Å². The number of hydrogen-bond acceptors (Lipinski definition) is 6. The average molecular weight is 435 g/mol. The highest BCUT2D eigenvalue weighted by atomic mass is 79.9. The first-order valence-corrected chi connectivity index (χ1v) is 8.75. The molecule has 0 aliphatic heterocycles. The Balaban J connectivity index is 1.92. The van der Waals surface area contributed by atoms with Gasteiger partial charge in [-0.2, -0.15) is 5.10 Å². The quantitative estimate of drug-likeness (QED) is 0.392. The minimum absolute atomic E-state index is 0.216. The lowest BCUT2D eigenvalue weighted by molar-refractivity contribution is -0.142. The normalized spacial score (nSPS) is 10.5. The van der Waals surface area contributed by atoms with E-state index >= 15 is 0 Å². The fraction of sp³-hybridized carbons (Fsp3) is 0.211. The second kappa shape index (κ2) is 10.3. The van der Waals surface area contributed by atoms with Gasteiger partial charge in [0, 0.05) is 4.47 Å². The largest absolute Gasteiger partial charge is 0.493 e. The van der Waals surface area contributed by atoms with Crippen molar-refractivity contribution in [3.05, 3.63) is 58.1 Å². The lowest BCUT2D eigenvalue weighted by atomic mass is 10.1. The second-order valence-electron chi connectivity index (χ2n) is 5.37. The zero-order chi connectivity index (χ0) is 19.6. The molecule has 0 aromatic heterocycles. The molecule has 0 spiro atoms. The van der Waals surface area contributed by atoms with Gasteiger partial charge >= 0.3 is 5.97 Å². The molecule has 0 fully saturated rings. The molecule has 1 amide bonds. The van der Waals surface area contributed by atoms with Crippen LogP contribution in [-0.4, -0.2) is 38.9 Å². The topological polar surface area (TPSA) is 86.2 Å². The Morgan fingerprint density at radius 3 is 2.52 bits per heavy atom. The summed E-state index contributed by atoms with van der Waals surface area (Å²) >= 11 is 3.35. The second-order valence-corrected chi connectivity index (χ2v) is 6.29. The third-order valence-electron chi connectivity index (χ3n) is 3.44. The van der Waals surface area contributed by atoms with E-state index in [1.54, 1.807) is 18.2 Å². The van der Waals surface area contributed by atoms with E-state index in [2.05, 4.69) is 31.2 Å². The molecule has 2 rings (SSSR count). The SMILES string of the molecule is COC(=O)COc1ccc(/C=N\NC(=O)Cc2ccc(Br)cc2)cc1OC. The molecule has 0 unspecified atom stereocenters. The van der Waals surface area contributed by atoms with Crippen LogP contribution in [-0.2, 0) is 20.7 Å². The van der Waals surface area contributed by atoms with Crippen molar-refractivity contribution < 1.29 is 23.8 Å². The van der Waals surface area contributed by atoms with Gasteiger partial charge in [-0.15, -0.1) is 0 Å². The van der Waals surface area contributed by atoms with Crippen molar-refractivity contribution in [3.8, 4) is 11.5 Å². The Morgan fingerprint density at radius 1 is 1.11 bits per heavy atom. The Bertz CT molecular complexity index is 821. The fourth-order valence-corrected chi connectivity index (χ4v) is 2.35. The Kier molecular flexibility index (Phi) is 7.81. The predicted molar refractivity (Wildman–Crippen MR) is 104 cm³/mol. The van der Waals surface area contributed by atoms with Crippen LogP contribution in [0.25, 0.3) is 0 Å². The number of hydrazone groups is 1. The van der Waals surface area contributed by atoms with Crippen molar-refractivity contribution in [1.82, 2.24) is 5.43 Å². The lowest BCUT2D eigenvalue weighted by Crippen LogP contribution is -2.19. The van der Waals surface area contributed by atoms with Gasteiger partial charge in [-0.25, -0.2) is 10.2 Å².